The highest BCUT2D eigenvalue weighted by molar-refractivity contribution is 5.80. The van der Waals surface area contributed by atoms with Gasteiger partial charge in [-0.05, 0) is 40.5 Å². The maximum Gasteiger partial charge on any atom is 0.408 e. The van der Waals surface area contributed by atoms with Crippen molar-refractivity contribution in [2.24, 2.45) is 0 Å². The third-order valence-corrected chi connectivity index (χ3v) is 2.01. The molecule has 1 unspecified atom stereocenters. The average molecular weight is 259 g/mol. The molecular weight excluding hydrogens is 238 g/mol. The number of carbonyl (C=O) groups is 3. The molecule has 0 aliphatic carbocycles. The highest BCUT2D eigenvalue weighted by Gasteiger charge is 2.23. The molecule has 0 rings (SSSR count). The fraction of sp³-hybridized carbons (Fsp3) is 0.750. The number of Topliss-reactive ketones (excluding diaryl/α,β-unsaturated/α-hetero) is 1. The van der Waals surface area contributed by atoms with E-state index in [2.05, 4.69) is 5.32 Å². The fourth-order valence-corrected chi connectivity index (χ4v) is 1.26. The zero-order chi connectivity index (χ0) is 14.3. The minimum atomic E-state index is -1.13. The number of ether oxygens (including phenoxy) is 1. The molecule has 0 aliphatic heterocycles. The molecule has 0 aromatic rings. The highest BCUT2D eigenvalue weighted by atomic mass is 16.6. The topological polar surface area (TPSA) is 92.7 Å². The van der Waals surface area contributed by atoms with Gasteiger partial charge in [-0.3, -0.25) is 0 Å². The van der Waals surface area contributed by atoms with Crippen LogP contribution in [0.1, 0.15) is 47.0 Å². The third kappa shape index (κ3) is 8.55. The van der Waals surface area contributed by atoms with E-state index in [1.807, 2.05) is 0 Å². The number of carbonyl (C=O) groups excluding carboxylic acids is 2. The van der Waals surface area contributed by atoms with Gasteiger partial charge < -0.3 is 20.0 Å². The second-order valence-corrected chi connectivity index (χ2v) is 5.13. The van der Waals surface area contributed by atoms with E-state index in [1.165, 1.54) is 6.92 Å². The maximum atomic E-state index is 11.4. The smallest absolute Gasteiger partial charge is 0.408 e. The van der Waals surface area contributed by atoms with Crippen molar-refractivity contribution in [3.63, 3.8) is 0 Å². The van der Waals surface area contributed by atoms with Crippen molar-refractivity contribution in [1.29, 1.82) is 0 Å². The van der Waals surface area contributed by atoms with E-state index in [-0.39, 0.29) is 12.2 Å². The number of hydrogen-bond acceptors (Lipinski definition) is 4. The van der Waals surface area contributed by atoms with Gasteiger partial charge in [0, 0.05) is 6.42 Å². The summed E-state index contributed by atoms with van der Waals surface area (Å²) in [4.78, 5) is 33.1. The number of aliphatic carboxylic acids is 1. The van der Waals surface area contributed by atoms with Crippen LogP contribution in [-0.2, 0) is 14.3 Å². The minimum absolute atomic E-state index is 0.00333. The monoisotopic (exact) mass is 259 g/mol. The lowest BCUT2D eigenvalue weighted by Crippen LogP contribution is -2.43. The van der Waals surface area contributed by atoms with Crippen molar-refractivity contribution < 1.29 is 24.2 Å². The Morgan fingerprint density at radius 3 is 2.22 bits per heavy atom. The summed E-state index contributed by atoms with van der Waals surface area (Å²) < 4.78 is 4.97. The molecule has 0 spiro atoms. The SMILES string of the molecule is CC(=O)CCCC(NC(=O)OC(C)(C)C)C(=O)O. The maximum absolute atomic E-state index is 11.4. The first-order chi connectivity index (χ1) is 8.11. The first-order valence-corrected chi connectivity index (χ1v) is 5.83. The second kappa shape index (κ2) is 6.98. The summed E-state index contributed by atoms with van der Waals surface area (Å²) in [5, 5.41) is 11.2. The first kappa shape index (κ1) is 16.4. The van der Waals surface area contributed by atoms with Crippen LogP contribution < -0.4 is 5.32 Å². The van der Waals surface area contributed by atoms with Gasteiger partial charge in [0.1, 0.15) is 17.4 Å². The lowest BCUT2D eigenvalue weighted by molar-refractivity contribution is -0.139. The summed E-state index contributed by atoms with van der Waals surface area (Å²) in [6, 6.07) is -1.03. The summed E-state index contributed by atoms with van der Waals surface area (Å²) in [5.74, 6) is -1.14. The molecule has 0 fully saturated rings. The van der Waals surface area contributed by atoms with Gasteiger partial charge in [0.05, 0.1) is 0 Å². The Morgan fingerprint density at radius 1 is 1.28 bits per heavy atom. The molecule has 1 atom stereocenters. The molecule has 0 radical (unpaired) electrons. The molecule has 2 N–H and O–H groups in total. The first-order valence-electron chi connectivity index (χ1n) is 5.83. The number of nitrogens with one attached hydrogen (secondary N) is 1. The second-order valence-electron chi connectivity index (χ2n) is 5.13. The number of amides is 1. The zero-order valence-electron chi connectivity index (χ0n) is 11.3. The van der Waals surface area contributed by atoms with Gasteiger partial charge >= 0.3 is 12.1 Å². The Hall–Kier alpha value is -1.59. The summed E-state index contributed by atoms with van der Waals surface area (Å²) in [6.45, 7) is 6.52. The Morgan fingerprint density at radius 2 is 1.83 bits per heavy atom. The summed E-state index contributed by atoms with van der Waals surface area (Å²) >= 11 is 0. The predicted octanol–water partition coefficient (Wildman–Crippen LogP) is 1.72. The quantitative estimate of drug-likeness (QED) is 0.757. The van der Waals surface area contributed by atoms with Crippen molar-refractivity contribution in [3.05, 3.63) is 0 Å². The third-order valence-electron chi connectivity index (χ3n) is 2.01. The number of hydrogen-bond donors (Lipinski definition) is 2. The largest absolute Gasteiger partial charge is 0.480 e. The minimum Gasteiger partial charge on any atom is -0.480 e. The molecule has 0 heterocycles. The normalized spacial score (nSPS) is 12.7. The Bertz CT molecular complexity index is 319. The molecule has 6 nitrogen and oxygen atoms in total. The molecule has 6 heteroatoms. The summed E-state index contributed by atoms with van der Waals surface area (Å²) in [7, 11) is 0. The van der Waals surface area contributed by atoms with Gasteiger partial charge in [0.15, 0.2) is 0 Å². The molecular formula is C12H21NO5. The van der Waals surface area contributed by atoms with Crippen molar-refractivity contribution >= 4 is 17.8 Å². The van der Waals surface area contributed by atoms with E-state index in [9.17, 15) is 14.4 Å². The van der Waals surface area contributed by atoms with Gasteiger partial charge in [-0.15, -0.1) is 0 Å². The molecule has 104 valence electrons. The van der Waals surface area contributed by atoms with Crippen molar-refractivity contribution in [2.45, 2.75) is 58.6 Å². The lowest BCUT2D eigenvalue weighted by atomic mass is 10.1. The van der Waals surface area contributed by atoms with E-state index in [1.54, 1.807) is 20.8 Å². The molecule has 0 aromatic heterocycles. The van der Waals surface area contributed by atoms with Crippen molar-refractivity contribution in [1.82, 2.24) is 5.32 Å². The van der Waals surface area contributed by atoms with Crippen molar-refractivity contribution in [3.8, 4) is 0 Å². The van der Waals surface area contributed by atoms with Gasteiger partial charge in [0.2, 0.25) is 0 Å². The molecule has 1 amide bonds. The Balaban J connectivity index is 4.23. The van der Waals surface area contributed by atoms with Crippen LogP contribution in [0, 0.1) is 0 Å². The summed E-state index contributed by atoms with van der Waals surface area (Å²) in [5.41, 5.74) is -0.674. The molecule has 0 bridgehead atoms. The zero-order valence-corrected chi connectivity index (χ0v) is 11.3. The van der Waals surface area contributed by atoms with Crippen LogP contribution in [0.2, 0.25) is 0 Å². The van der Waals surface area contributed by atoms with Crippen molar-refractivity contribution in [2.75, 3.05) is 0 Å². The van der Waals surface area contributed by atoms with E-state index in [0.29, 0.717) is 12.8 Å². The van der Waals surface area contributed by atoms with Gasteiger partial charge in [0.25, 0.3) is 0 Å². The molecule has 0 saturated heterocycles. The molecule has 18 heavy (non-hydrogen) atoms. The number of carboxylic acid groups (broad SMARTS) is 1. The van der Waals surface area contributed by atoms with Crippen LogP contribution in [0.25, 0.3) is 0 Å². The van der Waals surface area contributed by atoms with E-state index >= 15 is 0 Å². The molecule has 0 aliphatic rings. The van der Waals surface area contributed by atoms with Crippen LogP contribution in [-0.4, -0.2) is 34.6 Å². The fourth-order valence-electron chi connectivity index (χ4n) is 1.26. The van der Waals surface area contributed by atoms with Crippen LogP contribution in [0.4, 0.5) is 4.79 Å². The van der Waals surface area contributed by atoms with E-state index in [0.717, 1.165) is 0 Å². The average Bonchev–Trinajstić information content (AvgIpc) is 2.12. The molecule has 0 saturated carbocycles. The number of alkyl carbamates (subject to hydrolysis) is 1. The van der Waals surface area contributed by atoms with Crippen LogP contribution >= 0.6 is 0 Å². The Kier molecular flexibility index (Phi) is 6.36. The van der Waals surface area contributed by atoms with Gasteiger partial charge in [-0.25, -0.2) is 9.59 Å². The number of ketones is 1. The number of rotatable bonds is 6. The predicted molar refractivity (Wildman–Crippen MR) is 65.3 cm³/mol. The summed E-state index contributed by atoms with van der Waals surface area (Å²) in [6.07, 6.45) is 0.161. The standard InChI is InChI=1S/C12H21NO5/c1-8(14)6-5-7-9(10(15)16)13-11(17)18-12(2,3)4/h9H,5-7H2,1-4H3,(H,13,17)(H,15,16). The van der Waals surface area contributed by atoms with Gasteiger partial charge in [-0.2, -0.15) is 0 Å². The van der Waals surface area contributed by atoms with E-state index < -0.39 is 23.7 Å². The van der Waals surface area contributed by atoms with Crippen LogP contribution in [0.3, 0.4) is 0 Å². The number of carboxylic acids is 1. The lowest BCUT2D eigenvalue weighted by Gasteiger charge is -2.21. The Labute approximate surface area is 107 Å². The molecule has 0 aromatic carbocycles. The van der Waals surface area contributed by atoms with Crippen LogP contribution in [0.5, 0.6) is 0 Å². The van der Waals surface area contributed by atoms with Gasteiger partial charge in [-0.1, -0.05) is 0 Å². The van der Waals surface area contributed by atoms with E-state index in [4.69, 9.17) is 9.84 Å². The van der Waals surface area contributed by atoms with Crippen LogP contribution in [0.15, 0.2) is 0 Å². The highest BCUT2D eigenvalue weighted by Crippen LogP contribution is 2.08.